The highest BCUT2D eigenvalue weighted by atomic mass is 32.1. The van der Waals surface area contributed by atoms with Gasteiger partial charge in [0.1, 0.15) is 5.75 Å². The molecule has 0 radical (unpaired) electrons. The molecule has 3 aromatic rings. The number of aromatic hydroxyl groups is 1. The van der Waals surface area contributed by atoms with Crippen molar-refractivity contribution in [3.05, 3.63) is 77.4 Å². The zero-order valence-corrected chi connectivity index (χ0v) is 16.4. The number of hydrogen-bond acceptors (Lipinski definition) is 3. The fourth-order valence-corrected chi connectivity index (χ4v) is 4.12. The zero-order chi connectivity index (χ0) is 19.1. The molecule has 1 aliphatic heterocycles. The first-order valence-corrected chi connectivity index (χ1v) is 9.31. The van der Waals surface area contributed by atoms with Gasteiger partial charge in [0, 0.05) is 24.6 Å². The van der Waals surface area contributed by atoms with Crippen LogP contribution in [0.25, 0.3) is 0 Å². The highest BCUT2D eigenvalue weighted by Gasteiger charge is 2.42. The van der Waals surface area contributed by atoms with Crippen molar-refractivity contribution in [2.45, 2.75) is 25.9 Å². The van der Waals surface area contributed by atoms with E-state index < -0.39 is 0 Å². The van der Waals surface area contributed by atoms with Gasteiger partial charge in [0.25, 0.3) is 0 Å². The molecule has 0 amide bonds. The van der Waals surface area contributed by atoms with Crippen molar-refractivity contribution in [2.24, 2.45) is 7.05 Å². The Balaban J connectivity index is 1.91. The summed E-state index contributed by atoms with van der Waals surface area (Å²) in [4.78, 5) is 6.57. The van der Waals surface area contributed by atoms with Gasteiger partial charge in [0.2, 0.25) is 0 Å². The number of phenols is 1. The molecule has 27 heavy (non-hydrogen) atoms. The van der Waals surface area contributed by atoms with Gasteiger partial charge in [-0.15, -0.1) is 0 Å². The lowest BCUT2D eigenvalue weighted by Crippen LogP contribution is -2.29. The summed E-state index contributed by atoms with van der Waals surface area (Å²) in [5, 5.41) is 14.5. The van der Waals surface area contributed by atoms with Crippen LogP contribution in [0.4, 0.5) is 5.69 Å². The number of rotatable bonds is 3. The molecule has 2 aromatic heterocycles. The summed E-state index contributed by atoms with van der Waals surface area (Å²) in [6, 6.07) is 15.2. The summed E-state index contributed by atoms with van der Waals surface area (Å²) in [5.41, 5.74) is 5.13. The van der Waals surface area contributed by atoms with Crippen LogP contribution in [-0.2, 0) is 7.05 Å². The largest absolute Gasteiger partial charge is 0.506 e. The molecule has 1 aromatic carbocycles. The average molecular weight is 379 g/mol. The van der Waals surface area contributed by atoms with E-state index in [9.17, 15) is 5.11 Å². The van der Waals surface area contributed by atoms with E-state index in [1.165, 1.54) is 17.0 Å². The molecule has 0 aliphatic carbocycles. The summed E-state index contributed by atoms with van der Waals surface area (Å²) in [7, 11) is 2.06. The Morgan fingerprint density at radius 3 is 2.48 bits per heavy atom. The van der Waals surface area contributed by atoms with Gasteiger partial charge in [-0.1, -0.05) is 18.2 Å². The van der Waals surface area contributed by atoms with Crippen LogP contribution in [0.3, 0.4) is 0 Å². The van der Waals surface area contributed by atoms with E-state index in [0.29, 0.717) is 10.8 Å². The lowest BCUT2D eigenvalue weighted by atomic mass is 9.96. The minimum Gasteiger partial charge on any atom is -0.506 e. The highest BCUT2D eigenvalue weighted by molar-refractivity contribution is 7.80. The molecule has 2 atom stereocenters. The standard InChI is InChI=1S/C21H22N4OS/c1-13-12-15(14(2)24(13)3)20-19(16-8-6-7-11-22-16)23-21(27)25(20)17-9-4-5-10-18(17)26/h4-12,19-20,26H,1-3H3,(H,23,27). The average Bonchev–Trinajstić information content (AvgIpc) is 3.14. The molecular formula is C21H22N4OS. The molecule has 1 fully saturated rings. The molecule has 1 saturated heterocycles. The van der Waals surface area contributed by atoms with Gasteiger partial charge >= 0.3 is 0 Å². The first-order chi connectivity index (χ1) is 13.0. The second kappa shape index (κ2) is 6.70. The number of thiocarbonyl (C=S) groups is 1. The Morgan fingerprint density at radius 1 is 1.11 bits per heavy atom. The van der Waals surface area contributed by atoms with E-state index in [1.54, 1.807) is 12.3 Å². The Morgan fingerprint density at radius 2 is 1.85 bits per heavy atom. The molecule has 3 heterocycles. The number of phenolic OH excluding ortho intramolecular Hbond substituents is 1. The molecule has 0 saturated carbocycles. The van der Waals surface area contributed by atoms with E-state index in [4.69, 9.17) is 12.2 Å². The highest BCUT2D eigenvalue weighted by Crippen LogP contribution is 2.45. The molecule has 5 nitrogen and oxygen atoms in total. The van der Waals surface area contributed by atoms with Crippen LogP contribution in [-0.4, -0.2) is 19.8 Å². The fraction of sp³-hybridized carbons (Fsp3) is 0.238. The predicted octanol–water partition coefficient (Wildman–Crippen LogP) is 3.92. The smallest absolute Gasteiger partial charge is 0.174 e. The van der Waals surface area contributed by atoms with Crippen LogP contribution in [0.5, 0.6) is 5.75 Å². The van der Waals surface area contributed by atoms with Crippen LogP contribution in [0.1, 0.15) is 34.7 Å². The Hall–Kier alpha value is -2.86. The van der Waals surface area contributed by atoms with E-state index in [1.807, 2.05) is 41.3 Å². The molecule has 6 heteroatoms. The van der Waals surface area contributed by atoms with Gasteiger partial charge in [0.05, 0.1) is 23.5 Å². The van der Waals surface area contributed by atoms with Gasteiger partial charge in [-0.05, 0) is 62.0 Å². The maximum Gasteiger partial charge on any atom is 0.174 e. The molecule has 1 aliphatic rings. The Bertz CT molecular complexity index is 999. The Kier molecular flexibility index (Phi) is 4.36. The van der Waals surface area contributed by atoms with Crippen LogP contribution < -0.4 is 10.2 Å². The van der Waals surface area contributed by atoms with Crippen molar-refractivity contribution < 1.29 is 5.11 Å². The van der Waals surface area contributed by atoms with Crippen LogP contribution in [0.2, 0.25) is 0 Å². The number of pyridine rings is 1. The topological polar surface area (TPSA) is 53.3 Å². The molecule has 138 valence electrons. The van der Waals surface area contributed by atoms with Crippen molar-refractivity contribution in [2.75, 3.05) is 4.90 Å². The van der Waals surface area contributed by atoms with Gasteiger partial charge < -0.3 is 19.9 Å². The summed E-state index contributed by atoms with van der Waals surface area (Å²) in [5.74, 6) is 0.207. The minimum absolute atomic E-state index is 0.111. The molecule has 0 bridgehead atoms. The normalized spacial score (nSPS) is 19.4. The van der Waals surface area contributed by atoms with Crippen LogP contribution >= 0.6 is 12.2 Å². The van der Waals surface area contributed by atoms with Crippen molar-refractivity contribution in [3.63, 3.8) is 0 Å². The van der Waals surface area contributed by atoms with Gasteiger partial charge in [0.15, 0.2) is 5.11 Å². The number of aryl methyl sites for hydroxylation is 1. The minimum atomic E-state index is -0.112. The molecule has 0 spiro atoms. The third kappa shape index (κ3) is 2.86. The maximum absolute atomic E-state index is 10.5. The van der Waals surface area contributed by atoms with Crippen molar-refractivity contribution >= 4 is 23.0 Å². The lowest BCUT2D eigenvalue weighted by Gasteiger charge is -2.28. The first kappa shape index (κ1) is 17.5. The number of nitrogens with one attached hydrogen (secondary N) is 1. The van der Waals surface area contributed by atoms with Crippen LogP contribution in [0.15, 0.2) is 54.7 Å². The van der Waals surface area contributed by atoms with Gasteiger partial charge in [-0.3, -0.25) is 4.98 Å². The number of anilines is 1. The number of nitrogens with zero attached hydrogens (tertiary/aromatic N) is 3. The zero-order valence-electron chi connectivity index (χ0n) is 15.5. The van der Waals surface area contributed by atoms with Crippen molar-refractivity contribution in [3.8, 4) is 5.75 Å². The van der Waals surface area contributed by atoms with Gasteiger partial charge in [-0.25, -0.2) is 0 Å². The summed E-state index contributed by atoms with van der Waals surface area (Å²) < 4.78 is 2.18. The summed E-state index contributed by atoms with van der Waals surface area (Å²) in [6.45, 7) is 4.21. The number of aromatic nitrogens is 2. The maximum atomic E-state index is 10.5. The van der Waals surface area contributed by atoms with Crippen molar-refractivity contribution in [1.82, 2.24) is 14.9 Å². The molecule has 4 rings (SSSR count). The molecule has 2 N–H and O–H groups in total. The second-order valence-corrected chi connectivity index (χ2v) is 7.26. The van der Waals surface area contributed by atoms with Crippen molar-refractivity contribution in [1.29, 1.82) is 0 Å². The quantitative estimate of drug-likeness (QED) is 0.677. The SMILES string of the molecule is Cc1cc(C2C(c3ccccn3)NC(=S)N2c2ccccc2O)c(C)n1C. The van der Waals surface area contributed by atoms with E-state index >= 15 is 0 Å². The third-order valence-electron chi connectivity index (χ3n) is 5.37. The number of para-hydroxylation sites is 2. The number of hydrogen-bond donors (Lipinski definition) is 2. The van der Waals surface area contributed by atoms with E-state index in [0.717, 1.165) is 5.69 Å². The fourth-order valence-electron chi connectivity index (χ4n) is 3.78. The summed E-state index contributed by atoms with van der Waals surface area (Å²) in [6.07, 6.45) is 1.79. The lowest BCUT2D eigenvalue weighted by molar-refractivity contribution is 0.472. The molecule has 2 unspecified atom stereocenters. The first-order valence-electron chi connectivity index (χ1n) is 8.90. The third-order valence-corrected chi connectivity index (χ3v) is 5.69. The summed E-state index contributed by atoms with van der Waals surface area (Å²) >= 11 is 5.69. The second-order valence-electron chi connectivity index (χ2n) is 6.87. The predicted molar refractivity (Wildman–Crippen MR) is 111 cm³/mol. The van der Waals surface area contributed by atoms with Gasteiger partial charge in [-0.2, -0.15) is 0 Å². The molecular weight excluding hydrogens is 356 g/mol. The van der Waals surface area contributed by atoms with E-state index in [-0.39, 0.29) is 17.8 Å². The monoisotopic (exact) mass is 378 g/mol. The Labute approximate surface area is 164 Å². The van der Waals surface area contributed by atoms with Crippen LogP contribution in [0, 0.1) is 13.8 Å². The van der Waals surface area contributed by atoms with E-state index in [2.05, 4.69) is 41.8 Å². The number of benzene rings is 1.